The van der Waals surface area contributed by atoms with E-state index in [2.05, 4.69) is 32.0 Å². The Labute approximate surface area is 192 Å². The number of rotatable bonds is 5. The summed E-state index contributed by atoms with van der Waals surface area (Å²) in [6.45, 7) is 1.84. The summed E-state index contributed by atoms with van der Waals surface area (Å²) >= 11 is 2.11. The monoisotopic (exact) mass is 544 g/mol. The number of aromatic nitrogens is 1. The van der Waals surface area contributed by atoms with E-state index in [9.17, 15) is 18.3 Å². The minimum Gasteiger partial charge on any atom is -0.505 e. The number of hydrogen-bond donors (Lipinski definition) is 2. The Morgan fingerprint density at radius 1 is 1.00 bits per heavy atom. The van der Waals surface area contributed by atoms with Gasteiger partial charge in [0.15, 0.2) is 11.5 Å². The number of sulfonamides is 1. The number of Topliss-reactive ketones (excluding diaryl/α,β-unsaturated/α-hetero) is 1. The molecule has 0 aliphatic carbocycles. The fraction of sp³-hybridized carbons (Fsp3) is 0.0435. The summed E-state index contributed by atoms with van der Waals surface area (Å²) < 4.78 is 30.8. The number of benzene rings is 3. The zero-order valence-electron chi connectivity index (χ0n) is 16.3. The zero-order chi connectivity index (χ0) is 22.2. The topological polar surface area (TPSA) is 99.6 Å². The Balaban J connectivity index is 1.94. The molecule has 8 heteroatoms. The number of H-pyrrole nitrogens is 1. The Morgan fingerprint density at radius 2 is 1.68 bits per heavy atom. The smallest absolute Gasteiger partial charge is 0.283 e. The average molecular weight is 544 g/mol. The summed E-state index contributed by atoms with van der Waals surface area (Å²) in [5, 5.41) is 11.3. The van der Waals surface area contributed by atoms with Crippen molar-refractivity contribution in [2.45, 2.75) is 11.8 Å². The van der Waals surface area contributed by atoms with Crippen molar-refractivity contribution in [3.05, 3.63) is 93.2 Å². The van der Waals surface area contributed by atoms with Crippen molar-refractivity contribution >= 4 is 55.0 Å². The summed E-state index contributed by atoms with van der Waals surface area (Å²) in [5.41, 5.74) is 1.30. The minimum absolute atomic E-state index is 0.0402. The fourth-order valence-corrected chi connectivity index (χ4v) is 4.62. The van der Waals surface area contributed by atoms with Gasteiger partial charge in [0, 0.05) is 20.0 Å². The first kappa shape index (κ1) is 21.3. The van der Waals surface area contributed by atoms with Crippen LogP contribution in [-0.2, 0) is 10.0 Å². The van der Waals surface area contributed by atoms with E-state index in [-0.39, 0.29) is 27.6 Å². The molecule has 3 aromatic carbocycles. The van der Waals surface area contributed by atoms with E-state index in [0.717, 1.165) is 9.13 Å². The highest BCUT2D eigenvalue weighted by atomic mass is 127. The number of aromatic amines is 1. The van der Waals surface area contributed by atoms with Crippen LogP contribution in [0.2, 0.25) is 0 Å². The van der Waals surface area contributed by atoms with Crippen molar-refractivity contribution < 1.29 is 18.3 Å². The number of aryl methyl sites for hydroxylation is 1. The molecular formula is C23H17IN2O4S. The normalized spacial score (nSPS) is 12.3. The Hall–Kier alpha value is -2.98. The van der Waals surface area contributed by atoms with E-state index >= 15 is 0 Å². The van der Waals surface area contributed by atoms with Crippen molar-refractivity contribution in [1.82, 2.24) is 4.98 Å². The molecule has 0 atom stereocenters. The second kappa shape index (κ2) is 8.27. The highest BCUT2D eigenvalue weighted by molar-refractivity contribution is 14.1. The third-order valence-electron chi connectivity index (χ3n) is 4.75. The molecule has 0 bridgehead atoms. The van der Waals surface area contributed by atoms with Gasteiger partial charge in [-0.3, -0.25) is 4.79 Å². The van der Waals surface area contributed by atoms with Crippen LogP contribution < -0.4 is 0 Å². The summed E-state index contributed by atoms with van der Waals surface area (Å²) in [6, 6.07) is 19.7. The van der Waals surface area contributed by atoms with E-state index < -0.39 is 15.8 Å². The van der Waals surface area contributed by atoms with Crippen LogP contribution in [-0.4, -0.2) is 30.0 Å². The van der Waals surface area contributed by atoms with E-state index in [1.54, 1.807) is 54.6 Å². The molecule has 1 aromatic heterocycles. The molecule has 0 aliphatic heterocycles. The third-order valence-corrected chi connectivity index (χ3v) is 6.71. The number of hydrogen-bond acceptors (Lipinski definition) is 4. The van der Waals surface area contributed by atoms with Crippen LogP contribution in [0.1, 0.15) is 21.6 Å². The number of carbonyl (C=O) groups is 1. The molecule has 0 radical (unpaired) electrons. The van der Waals surface area contributed by atoms with Gasteiger partial charge in [-0.05, 0) is 59.8 Å². The van der Waals surface area contributed by atoms with Crippen molar-refractivity contribution in [2.75, 3.05) is 0 Å². The van der Waals surface area contributed by atoms with Gasteiger partial charge >= 0.3 is 0 Å². The van der Waals surface area contributed by atoms with Crippen molar-refractivity contribution in [3.63, 3.8) is 0 Å². The van der Waals surface area contributed by atoms with Gasteiger partial charge in [0.25, 0.3) is 10.0 Å². The van der Waals surface area contributed by atoms with Gasteiger partial charge in [-0.25, -0.2) is 0 Å². The van der Waals surface area contributed by atoms with Crippen molar-refractivity contribution in [1.29, 1.82) is 0 Å². The molecule has 0 unspecified atom stereocenters. The van der Waals surface area contributed by atoms with E-state index in [4.69, 9.17) is 0 Å². The molecule has 4 aromatic rings. The lowest BCUT2D eigenvalue weighted by Crippen LogP contribution is -2.19. The highest BCUT2D eigenvalue weighted by Crippen LogP contribution is 2.32. The Bertz CT molecular complexity index is 1420. The maximum absolute atomic E-state index is 13.3. The summed E-state index contributed by atoms with van der Waals surface area (Å²) in [5.74, 6) is -0.844. The second-order valence-electron chi connectivity index (χ2n) is 6.96. The van der Waals surface area contributed by atoms with Crippen LogP contribution in [0, 0.1) is 10.5 Å². The summed E-state index contributed by atoms with van der Waals surface area (Å²) in [6.07, 6.45) is 0. The molecular weight excluding hydrogens is 527 g/mol. The first-order chi connectivity index (χ1) is 14.8. The number of fused-ring (bicyclic) bond motifs is 1. The van der Waals surface area contributed by atoms with Crippen molar-refractivity contribution in [3.8, 4) is 5.75 Å². The summed E-state index contributed by atoms with van der Waals surface area (Å²) in [7, 11) is -4.21. The Morgan fingerprint density at radius 3 is 2.35 bits per heavy atom. The first-order valence-electron chi connectivity index (χ1n) is 9.28. The van der Waals surface area contributed by atoms with Crippen LogP contribution >= 0.6 is 22.6 Å². The highest BCUT2D eigenvalue weighted by Gasteiger charge is 2.26. The van der Waals surface area contributed by atoms with Crippen molar-refractivity contribution in [2.24, 2.45) is 4.40 Å². The fourth-order valence-electron chi connectivity index (χ4n) is 3.13. The molecule has 0 saturated carbocycles. The molecule has 0 fully saturated rings. The number of ketones is 1. The average Bonchev–Trinajstić information content (AvgIpc) is 3.08. The second-order valence-corrected chi connectivity index (χ2v) is 9.81. The third kappa shape index (κ3) is 4.26. The lowest BCUT2D eigenvalue weighted by Gasteiger charge is -2.07. The van der Waals surface area contributed by atoms with Crippen LogP contribution in [0.4, 0.5) is 0 Å². The van der Waals surface area contributed by atoms with Gasteiger partial charge in [-0.1, -0.05) is 48.0 Å². The first-order valence-corrected chi connectivity index (χ1v) is 11.8. The van der Waals surface area contributed by atoms with Crippen LogP contribution in [0.15, 0.2) is 82.1 Å². The number of halogens is 1. The van der Waals surface area contributed by atoms with Gasteiger partial charge in [0.1, 0.15) is 5.69 Å². The molecule has 0 spiro atoms. The van der Waals surface area contributed by atoms with E-state index in [1.165, 1.54) is 12.1 Å². The number of nitrogens with one attached hydrogen (secondary N) is 1. The van der Waals surface area contributed by atoms with Gasteiger partial charge in [-0.15, -0.1) is 0 Å². The van der Waals surface area contributed by atoms with E-state index in [0.29, 0.717) is 10.9 Å². The van der Waals surface area contributed by atoms with Crippen LogP contribution in [0.5, 0.6) is 5.75 Å². The molecule has 6 nitrogen and oxygen atoms in total. The lowest BCUT2D eigenvalue weighted by molar-refractivity contribution is 0.106. The quantitative estimate of drug-likeness (QED) is 0.213. The van der Waals surface area contributed by atoms with Crippen LogP contribution in [0.25, 0.3) is 10.9 Å². The zero-order valence-corrected chi connectivity index (χ0v) is 19.3. The molecule has 1 heterocycles. The molecule has 2 N–H and O–H groups in total. The largest absolute Gasteiger partial charge is 0.505 e. The van der Waals surface area contributed by atoms with Gasteiger partial charge in [0.05, 0.1) is 4.90 Å². The van der Waals surface area contributed by atoms with Crippen LogP contribution in [0.3, 0.4) is 0 Å². The standard InChI is InChI=1S/C23H17IN2O4S/c1-14-7-10-17(11-8-14)31(29,30)26-21(22(27)15-5-3-2-4-6-15)20-23(28)18-13-16(24)9-12-19(18)25-20/h2-13,25,28H,1H3/b26-21+. The number of carbonyl (C=O) groups excluding carboxylic acids is 1. The number of aromatic hydroxyl groups is 1. The molecule has 0 aliphatic rings. The number of nitrogens with zero attached hydrogens (tertiary/aromatic N) is 1. The predicted molar refractivity (Wildman–Crippen MR) is 128 cm³/mol. The SMILES string of the molecule is Cc1ccc(S(=O)(=O)/N=C(/C(=O)c2ccccc2)c2[nH]c3ccc(I)cc3c2O)cc1. The molecule has 156 valence electrons. The van der Waals surface area contributed by atoms with Gasteiger partial charge in [-0.2, -0.15) is 12.8 Å². The summed E-state index contributed by atoms with van der Waals surface area (Å²) in [4.78, 5) is 16.2. The maximum Gasteiger partial charge on any atom is 0.283 e. The molecule has 0 amide bonds. The predicted octanol–water partition coefficient (Wildman–Crippen LogP) is 4.85. The van der Waals surface area contributed by atoms with Gasteiger partial charge in [0.2, 0.25) is 5.78 Å². The van der Waals surface area contributed by atoms with E-state index in [1.807, 2.05) is 13.0 Å². The maximum atomic E-state index is 13.3. The lowest BCUT2D eigenvalue weighted by atomic mass is 10.0. The molecule has 4 rings (SSSR count). The Kier molecular flexibility index (Phi) is 5.67. The minimum atomic E-state index is -4.21. The molecule has 31 heavy (non-hydrogen) atoms. The molecule has 0 saturated heterocycles. The van der Waals surface area contributed by atoms with Gasteiger partial charge < -0.3 is 10.1 Å².